The van der Waals surface area contributed by atoms with Gasteiger partial charge in [0.05, 0.1) is 21.9 Å². The van der Waals surface area contributed by atoms with Crippen molar-refractivity contribution in [3.63, 3.8) is 0 Å². The molecule has 0 aliphatic heterocycles. The van der Waals surface area contributed by atoms with Crippen molar-refractivity contribution in [1.82, 2.24) is 20.3 Å². The fourth-order valence-corrected chi connectivity index (χ4v) is 2.43. The first kappa shape index (κ1) is 17.2. The molecule has 1 aromatic carbocycles. The summed E-state index contributed by atoms with van der Waals surface area (Å²) in [6.45, 7) is 2.35. The highest BCUT2D eigenvalue weighted by Gasteiger charge is 2.08. The zero-order valence-electron chi connectivity index (χ0n) is 13.2. The summed E-state index contributed by atoms with van der Waals surface area (Å²) < 4.78 is 0. The Labute approximate surface area is 153 Å². The summed E-state index contributed by atoms with van der Waals surface area (Å²) >= 11 is 12.2. The Kier molecular flexibility index (Phi) is 5.16. The minimum atomic E-state index is -0.331. The Hall–Kier alpha value is -2.64. The summed E-state index contributed by atoms with van der Waals surface area (Å²) in [6, 6.07) is 8.31. The van der Waals surface area contributed by atoms with Crippen molar-refractivity contribution in [1.29, 1.82) is 0 Å². The van der Waals surface area contributed by atoms with E-state index in [-0.39, 0.29) is 6.03 Å². The second-order valence-electron chi connectivity index (χ2n) is 5.01. The quantitative estimate of drug-likeness (QED) is 0.633. The largest absolute Gasteiger partial charge is 0.338 e. The molecular formula is C16H14Cl2N6O. The zero-order chi connectivity index (χ0) is 17.8. The number of carbonyl (C=O) groups is 1. The molecule has 0 spiro atoms. The third-order valence-corrected chi connectivity index (χ3v) is 4.02. The first-order chi connectivity index (χ1) is 12.1. The molecule has 3 aromatic rings. The Morgan fingerprint density at radius 3 is 2.72 bits per heavy atom. The van der Waals surface area contributed by atoms with Gasteiger partial charge in [-0.3, -0.25) is 5.32 Å². The van der Waals surface area contributed by atoms with Crippen molar-refractivity contribution in [3.8, 4) is 0 Å². The van der Waals surface area contributed by atoms with Crippen LogP contribution in [-0.4, -0.2) is 27.5 Å². The standard InChI is InChI=1S/C16H14Cl2N6O/c1-2-19-16(25)24-12-7-6-11-15(22-12)23-13(8-20-11)21-10-5-3-4-9(17)14(10)18/h3-8H,2H2,1H3,(H3,19,21,22,23,24,25). The topological polar surface area (TPSA) is 91.8 Å². The van der Waals surface area contributed by atoms with Crippen molar-refractivity contribution in [2.45, 2.75) is 6.92 Å². The minimum absolute atomic E-state index is 0.331. The van der Waals surface area contributed by atoms with Crippen LogP contribution in [0.4, 0.5) is 22.1 Å². The number of carbonyl (C=O) groups excluding carboxylic acids is 1. The van der Waals surface area contributed by atoms with E-state index in [1.165, 1.54) is 0 Å². The highest BCUT2D eigenvalue weighted by atomic mass is 35.5. The zero-order valence-corrected chi connectivity index (χ0v) is 14.7. The highest BCUT2D eigenvalue weighted by molar-refractivity contribution is 6.43. The summed E-state index contributed by atoms with van der Waals surface area (Å²) in [6.07, 6.45) is 1.57. The lowest BCUT2D eigenvalue weighted by atomic mass is 10.3. The number of fused-ring (bicyclic) bond motifs is 1. The molecule has 2 aromatic heterocycles. The van der Waals surface area contributed by atoms with Crippen LogP contribution >= 0.6 is 23.2 Å². The minimum Gasteiger partial charge on any atom is -0.338 e. The van der Waals surface area contributed by atoms with Crippen LogP contribution in [0.15, 0.2) is 36.5 Å². The molecule has 0 aliphatic rings. The number of nitrogens with one attached hydrogen (secondary N) is 3. The van der Waals surface area contributed by atoms with E-state index in [0.717, 1.165) is 0 Å². The lowest BCUT2D eigenvalue weighted by Gasteiger charge is -2.09. The predicted molar refractivity (Wildman–Crippen MR) is 99.8 cm³/mol. The van der Waals surface area contributed by atoms with Gasteiger partial charge >= 0.3 is 6.03 Å². The van der Waals surface area contributed by atoms with Crippen LogP contribution < -0.4 is 16.0 Å². The number of anilines is 3. The molecule has 3 N–H and O–H groups in total. The van der Waals surface area contributed by atoms with E-state index in [4.69, 9.17) is 23.2 Å². The van der Waals surface area contributed by atoms with Crippen LogP contribution in [0.25, 0.3) is 11.2 Å². The summed E-state index contributed by atoms with van der Waals surface area (Å²) in [5, 5.41) is 9.15. The van der Waals surface area contributed by atoms with Crippen LogP contribution in [-0.2, 0) is 0 Å². The molecule has 9 heteroatoms. The molecule has 25 heavy (non-hydrogen) atoms. The maximum atomic E-state index is 11.6. The molecular weight excluding hydrogens is 363 g/mol. The van der Waals surface area contributed by atoms with Crippen molar-refractivity contribution >= 4 is 57.7 Å². The van der Waals surface area contributed by atoms with Gasteiger partial charge in [-0.1, -0.05) is 29.3 Å². The number of rotatable bonds is 4. The van der Waals surface area contributed by atoms with Crippen LogP contribution in [0.2, 0.25) is 10.0 Å². The van der Waals surface area contributed by atoms with E-state index in [0.29, 0.717) is 45.1 Å². The Morgan fingerprint density at radius 2 is 1.92 bits per heavy atom. The van der Waals surface area contributed by atoms with Gasteiger partial charge in [0.1, 0.15) is 11.3 Å². The van der Waals surface area contributed by atoms with Gasteiger partial charge in [-0.05, 0) is 31.2 Å². The van der Waals surface area contributed by atoms with Crippen LogP contribution in [0.3, 0.4) is 0 Å². The molecule has 0 saturated heterocycles. The fourth-order valence-electron chi connectivity index (χ4n) is 2.09. The van der Waals surface area contributed by atoms with E-state index in [1.807, 2.05) is 6.92 Å². The fraction of sp³-hybridized carbons (Fsp3) is 0.125. The number of aromatic nitrogens is 3. The molecule has 2 heterocycles. The van der Waals surface area contributed by atoms with E-state index in [2.05, 4.69) is 30.9 Å². The van der Waals surface area contributed by atoms with Crippen molar-refractivity contribution in [3.05, 3.63) is 46.6 Å². The lowest BCUT2D eigenvalue weighted by Crippen LogP contribution is -2.28. The maximum absolute atomic E-state index is 11.6. The summed E-state index contributed by atoms with van der Waals surface area (Å²) in [7, 11) is 0. The SMILES string of the molecule is CCNC(=O)Nc1ccc2ncc(Nc3cccc(Cl)c3Cl)nc2n1. The smallest absolute Gasteiger partial charge is 0.320 e. The number of nitrogens with zero attached hydrogens (tertiary/aromatic N) is 3. The lowest BCUT2D eigenvalue weighted by molar-refractivity contribution is 0.252. The monoisotopic (exact) mass is 376 g/mol. The second kappa shape index (κ2) is 7.50. The van der Waals surface area contributed by atoms with Gasteiger partial charge in [0.25, 0.3) is 0 Å². The van der Waals surface area contributed by atoms with Gasteiger partial charge in [-0.25, -0.2) is 19.7 Å². The number of pyridine rings is 1. The molecule has 3 rings (SSSR count). The predicted octanol–water partition coefficient (Wildman–Crippen LogP) is 4.22. The normalized spacial score (nSPS) is 10.5. The van der Waals surface area contributed by atoms with Gasteiger partial charge in [0, 0.05) is 6.54 Å². The van der Waals surface area contributed by atoms with Crippen molar-refractivity contribution < 1.29 is 4.79 Å². The molecule has 0 fully saturated rings. The molecule has 0 bridgehead atoms. The number of hydrogen-bond acceptors (Lipinski definition) is 5. The maximum Gasteiger partial charge on any atom is 0.320 e. The molecule has 2 amide bonds. The molecule has 128 valence electrons. The van der Waals surface area contributed by atoms with E-state index < -0.39 is 0 Å². The molecule has 0 atom stereocenters. The number of hydrogen-bond donors (Lipinski definition) is 3. The first-order valence-electron chi connectivity index (χ1n) is 7.46. The first-order valence-corrected chi connectivity index (χ1v) is 8.22. The number of amides is 2. The van der Waals surface area contributed by atoms with Gasteiger partial charge in [0.2, 0.25) is 0 Å². The van der Waals surface area contributed by atoms with E-state index >= 15 is 0 Å². The third kappa shape index (κ3) is 4.07. The van der Waals surface area contributed by atoms with Crippen molar-refractivity contribution in [2.24, 2.45) is 0 Å². The summed E-state index contributed by atoms with van der Waals surface area (Å²) in [5.41, 5.74) is 1.60. The average molecular weight is 377 g/mol. The van der Waals surface area contributed by atoms with Gasteiger partial charge in [0.15, 0.2) is 11.5 Å². The second-order valence-corrected chi connectivity index (χ2v) is 5.79. The average Bonchev–Trinajstić information content (AvgIpc) is 2.59. The third-order valence-electron chi connectivity index (χ3n) is 3.20. The molecule has 0 unspecified atom stereocenters. The highest BCUT2D eigenvalue weighted by Crippen LogP contribution is 2.31. The van der Waals surface area contributed by atoms with Gasteiger partial charge < -0.3 is 10.6 Å². The van der Waals surface area contributed by atoms with Gasteiger partial charge in [-0.2, -0.15) is 0 Å². The Balaban J connectivity index is 1.87. The van der Waals surface area contributed by atoms with E-state index in [1.54, 1.807) is 36.5 Å². The van der Waals surface area contributed by atoms with Crippen molar-refractivity contribution in [2.75, 3.05) is 17.2 Å². The molecule has 0 radical (unpaired) electrons. The summed E-state index contributed by atoms with van der Waals surface area (Å²) in [4.78, 5) is 24.6. The Morgan fingerprint density at radius 1 is 1.12 bits per heavy atom. The van der Waals surface area contributed by atoms with Crippen LogP contribution in [0, 0.1) is 0 Å². The molecule has 0 saturated carbocycles. The number of halogens is 2. The van der Waals surface area contributed by atoms with E-state index in [9.17, 15) is 4.79 Å². The molecule has 7 nitrogen and oxygen atoms in total. The number of urea groups is 1. The Bertz CT molecular complexity index is 934. The van der Waals surface area contributed by atoms with Gasteiger partial charge in [-0.15, -0.1) is 0 Å². The molecule has 0 aliphatic carbocycles. The van der Waals surface area contributed by atoms with Crippen LogP contribution in [0.5, 0.6) is 0 Å². The number of benzene rings is 1. The summed E-state index contributed by atoms with van der Waals surface area (Å²) in [5.74, 6) is 0.838. The van der Waals surface area contributed by atoms with Crippen LogP contribution in [0.1, 0.15) is 6.92 Å².